The Labute approximate surface area is 138 Å². The van der Waals surface area contributed by atoms with Gasteiger partial charge in [0.05, 0.1) is 24.7 Å². The van der Waals surface area contributed by atoms with Gasteiger partial charge >= 0.3 is 11.7 Å². The van der Waals surface area contributed by atoms with Crippen LogP contribution in [-0.4, -0.2) is 47.8 Å². The van der Waals surface area contributed by atoms with Crippen LogP contribution in [0, 0.1) is 10.1 Å². The second kappa shape index (κ2) is 9.26. The van der Waals surface area contributed by atoms with Crippen LogP contribution in [0.25, 0.3) is 0 Å². The standard InChI is InChI=1S/C15H18N2O7/c1-3-7-23-9-11(15(19)20)16-14(18)10-5-6-13(24-4-2)12(8-10)17(21)22/h3,5-6,8,11H,1,4,7,9H2,2H3,(H,16,18)(H,19,20). The molecule has 1 atom stereocenters. The monoisotopic (exact) mass is 338 g/mol. The minimum atomic E-state index is -1.29. The Balaban J connectivity index is 2.92. The number of amides is 1. The Morgan fingerprint density at radius 2 is 2.21 bits per heavy atom. The molecule has 0 saturated heterocycles. The fourth-order valence-corrected chi connectivity index (χ4v) is 1.76. The van der Waals surface area contributed by atoms with Crippen LogP contribution in [-0.2, 0) is 9.53 Å². The van der Waals surface area contributed by atoms with E-state index < -0.39 is 22.8 Å². The molecular weight excluding hydrogens is 320 g/mol. The molecule has 1 aromatic carbocycles. The molecule has 9 heteroatoms. The lowest BCUT2D eigenvalue weighted by Crippen LogP contribution is -2.44. The molecule has 9 nitrogen and oxygen atoms in total. The molecule has 2 N–H and O–H groups in total. The van der Waals surface area contributed by atoms with Crippen molar-refractivity contribution in [2.24, 2.45) is 0 Å². The van der Waals surface area contributed by atoms with Crippen LogP contribution in [0.4, 0.5) is 5.69 Å². The molecular formula is C15H18N2O7. The second-order valence-electron chi connectivity index (χ2n) is 4.56. The van der Waals surface area contributed by atoms with Crippen molar-refractivity contribution in [2.75, 3.05) is 19.8 Å². The largest absolute Gasteiger partial charge is 0.487 e. The summed E-state index contributed by atoms with van der Waals surface area (Å²) in [6, 6.07) is 2.35. The maximum atomic E-state index is 12.1. The van der Waals surface area contributed by atoms with E-state index in [4.69, 9.17) is 14.6 Å². The number of nitro benzene ring substituents is 1. The van der Waals surface area contributed by atoms with Crippen LogP contribution >= 0.6 is 0 Å². The maximum Gasteiger partial charge on any atom is 0.328 e. The Morgan fingerprint density at radius 3 is 2.75 bits per heavy atom. The van der Waals surface area contributed by atoms with Crippen molar-refractivity contribution in [3.8, 4) is 5.75 Å². The van der Waals surface area contributed by atoms with Crippen molar-refractivity contribution in [1.29, 1.82) is 0 Å². The summed E-state index contributed by atoms with van der Waals surface area (Å²) in [6.07, 6.45) is 1.44. The molecule has 0 bridgehead atoms. The molecule has 1 unspecified atom stereocenters. The number of aliphatic carboxylic acids is 1. The maximum absolute atomic E-state index is 12.1. The zero-order valence-electron chi connectivity index (χ0n) is 13.1. The molecule has 130 valence electrons. The summed E-state index contributed by atoms with van der Waals surface area (Å²) < 4.78 is 10.1. The molecule has 1 amide bonds. The molecule has 1 rings (SSSR count). The fraction of sp³-hybridized carbons (Fsp3) is 0.333. The van der Waals surface area contributed by atoms with Gasteiger partial charge in [-0.2, -0.15) is 0 Å². The zero-order chi connectivity index (χ0) is 18.1. The molecule has 0 spiro atoms. The number of hydrogen-bond acceptors (Lipinski definition) is 6. The number of hydrogen-bond donors (Lipinski definition) is 2. The van der Waals surface area contributed by atoms with Crippen LogP contribution in [0.5, 0.6) is 5.75 Å². The van der Waals surface area contributed by atoms with E-state index in [2.05, 4.69) is 11.9 Å². The number of benzene rings is 1. The fourth-order valence-electron chi connectivity index (χ4n) is 1.76. The van der Waals surface area contributed by atoms with Gasteiger partial charge in [-0.1, -0.05) is 6.08 Å². The quantitative estimate of drug-likeness (QED) is 0.285. The smallest absolute Gasteiger partial charge is 0.328 e. The third-order valence-electron chi connectivity index (χ3n) is 2.84. The first-order valence-corrected chi connectivity index (χ1v) is 7.04. The average Bonchev–Trinajstić information content (AvgIpc) is 2.54. The normalized spacial score (nSPS) is 11.4. The van der Waals surface area contributed by atoms with Gasteiger partial charge in [-0.3, -0.25) is 14.9 Å². The van der Waals surface area contributed by atoms with Crippen molar-refractivity contribution < 1.29 is 29.1 Å². The summed E-state index contributed by atoms with van der Waals surface area (Å²) in [7, 11) is 0. The lowest BCUT2D eigenvalue weighted by atomic mass is 10.1. The molecule has 0 aliphatic rings. The van der Waals surface area contributed by atoms with E-state index in [1.807, 2.05) is 0 Å². The molecule has 0 radical (unpaired) electrons. The number of carboxylic acid groups (broad SMARTS) is 1. The van der Waals surface area contributed by atoms with E-state index in [0.29, 0.717) is 0 Å². The summed E-state index contributed by atoms with van der Waals surface area (Å²) in [5.74, 6) is -2.02. The topological polar surface area (TPSA) is 128 Å². The molecule has 0 saturated carbocycles. The Kier molecular flexibility index (Phi) is 7.37. The average molecular weight is 338 g/mol. The second-order valence-corrected chi connectivity index (χ2v) is 4.56. The van der Waals surface area contributed by atoms with E-state index in [-0.39, 0.29) is 36.8 Å². The van der Waals surface area contributed by atoms with Crippen LogP contribution in [0.15, 0.2) is 30.9 Å². The third kappa shape index (κ3) is 5.36. The Morgan fingerprint density at radius 1 is 1.50 bits per heavy atom. The molecule has 0 fully saturated rings. The first kappa shape index (κ1) is 19.1. The van der Waals surface area contributed by atoms with Gasteiger partial charge in [-0.25, -0.2) is 4.79 Å². The van der Waals surface area contributed by atoms with Gasteiger partial charge < -0.3 is 19.9 Å². The molecule has 0 aliphatic heterocycles. The van der Waals surface area contributed by atoms with Crippen molar-refractivity contribution in [3.05, 3.63) is 46.5 Å². The number of nitrogens with zero attached hydrogens (tertiary/aromatic N) is 1. The van der Waals surface area contributed by atoms with Crippen LogP contribution in [0.3, 0.4) is 0 Å². The highest BCUT2D eigenvalue weighted by atomic mass is 16.6. The summed E-state index contributed by atoms with van der Waals surface area (Å²) >= 11 is 0. The van der Waals surface area contributed by atoms with Gasteiger partial charge in [-0.05, 0) is 19.1 Å². The predicted molar refractivity (Wildman–Crippen MR) is 84.2 cm³/mol. The highest BCUT2D eigenvalue weighted by Gasteiger charge is 2.23. The molecule has 0 aliphatic carbocycles. The van der Waals surface area contributed by atoms with Crippen LogP contribution < -0.4 is 10.1 Å². The lowest BCUT2D eigenvalue weighted by molar-refractivity contribution is -0.385. The van der Waals surface area contributed by atoms with E-state index in [9.17, 15) is 19.7 Å². The van der Waals surface area contributed by atoms with E-state index in [0.717, 1.165) is 6.07 Å². The van der Waals surface area contributed by atoms with Gasteiger partial charge in [0.25, 0.3) is 5.91 Å². The molecule has 0 aromatic heterocycles. The summed E-state index contributed by atoms with van der Waals surface area (Å²) in [4.78, 5) is 33.6. The minimum Gasteiger partial charge on any atom is -0.487 e. The van der Waals surface area contributed by atoms with Gasteiger partial charge in [0.15, 0.2) is 11.8 Å². The van der Waals surface area contributed by atoms with Crippen molar-refractivity contribution in [2.45, 2.75) is 13.0 Å². The van der Waals surface area contributed by atoms with Crippen molar-refractivity contribution >= 4 is 17.6 Å². The van der Waals surface area contributed by atoms with E-state index in [1.165, 1.54) is 18.2 Å². The SMILES string of the molecule is C=CCOCC(NC(=O)c1ccc(OCC)c([N+](=O)[O-])c1)C(=O)O. The van der Waals surface area contributed by atoms with E-state index >= 15 is 0 Å². The lowest BCUT2D eigenvalue weighted by Gasteiger charge is -2.14. The Bertz CT molecular complexity index is 630. The predicted octanol–water partition coefficient (Wildman–Crippen LogP) is 1.38. The van der Waals surface area contributed by atoms with Gasteiger partial charge in [-0.15, -0.1) is 6.58 Å². The summed E-state index contributed by atoms with van der Waals surface area (Å²) in [5.41, 5.74) is -0.431. The first-order chi connectivity index (χ1) is 11.4. The third-order valence-corrected chi connectivity index (χ3v) is 2.84. The number of carbonyl (C=O) groups is 2. The highest BCUT2D eigenvalue weighted by Crippen LogP contribution is 2.27. The van der Waals surface area contributed by atoms with Crippen LogP contribution in [0.2, 0.25) is 0 Å². The van der Waals surface area contributed by atoms with Crippen molar-refractivity contribution in [3.63, 3.8) is 0 Å². The van der Waals surface area contributed by atoms with Gasteiger partial charge in [0, 0.05) is 11.6 Å². The zero-order valence-corrected chi connectivity index (χ0v) is 13.1. The highest BCUT2D eigenvalue weighted by molar-refractivity contribution is 5.97. The molecule has 1 aromatic rings. The number of nitrogens with one attached hydrogen (secondary N) is 1. The number of carboxylic acids is 1. The number of nitro groups is 1. The number of rotatable bonds is 10. The summed E-state index contributed by atoms with van der Waals surface area (Å²) in [6.45, 7) is 5.20. The summed E-state index contributed by atoms with van der Waals surface area (Å²) in [5, 5.41) is 22.4. The number of carbonyl (C=O) groups excluding carboxylic acids is 1. The Hall–Kier alpha value is -2.94. The van der Waals surface area contributed by atoms with Gasteiger partial charge in [0.2, 0.25) is 0 Å². The molecule has 0 heterocycles. The van der Waals surface area contributed by atoms with Crippen molar-refractivity contribution in [1.82, 2.24) is 5.32 Å². The number of ether oxygens (including phenoxy) is 2. The molecule has 24 heavy (non-hydrogen) atoms. The van der Waals surface area contributed by atoms with Gasteiger partial charge in [0.1, 0.15) is 0 Å². The van der Waals surface area contributed by atoms with E-state index in [1.54, 1.807) is 6.92 Å². The van der Waals surface area contributed by atoms with Crippen LogP contribution in [0.1, 0.15) is 17.3 Å². The minimum absolute atomic E-state index is 0.0307. The first-order valence-electron chi connectivity index (χ1n) is 7.04.